The third-order valence-electron chi connectivity index (χ3n) is 4.20. The summed E-state index contributed by atoms with van der Waals surface area (Å²) in [6.07, 6.45) is 1.53. The van der Waals surface area contributed by atoms with Crippen molar-refractivity contribution >= 4 is 27.7 Å². The first kappa shape index (κ1) is 19.4. The average Bonchev–Trinajstić information content (AvgIpc) is 2.94. The fourth-order valence-electron chi connectivity index (χ4n) is 2.71. The van der Waals surface area contributed by atoms with Crippen LogP contribution >= 0.6 is 11.6 Å². The minimum absolute atomic E-state index is 0.178. The molecule has 0 bridgehead atoms. The number of aryl methyl sites for hydroxylation is 1. The Bertz CT molecular complexity index is 1060. The largest absolute Gasteiger partial charge is 0.238 e. The van der Waals surface area contributed by atoms with Crippen LogP contribution in [0.3, 0.4) is 0 Å². The van der Waals surface area contributed by atoms with Crippen molar-refractivity contribution in [3.8, 4) is 5.69 Å². The van der Waals surface area contributed by atoms with Crippen LogP contribution in [0.4, 0.5) is 0 Å². The van der Waals surface area contributed by atoms with Crippen LogP contribution in [0.15, 0.2) is 60.0 Å². The van der Waals surface area contributed by atoms with Gasteiger partial charge in [-0.15, -0.1) is 0 Å². The highest BCUT2D eigenvalue weighted by Crippen LogP contribution is 2.18. The van der Waals surface area contributed by atoms with E-state index >= 15 is 0 Å². The molecule has 1 aromatic heterocycles. The highest BCUT2D eigenvalue weighted by molar-refractivity contribution is 7.92. The van der Waals surface area contributed by atoms with E-state index in [-0.39, 0.29) is 6.54 Å². The molecule has 0 atom stereocenters. The zero-order chi connectivity index (χ0) is 19.4. The van der Waals surface area contributed by atoms with Gasteiger partial charge in [0.15, 0.2) is 0 Å². The molecule has 0 amide bonds. The summed E-state index contributed by atoms with van der Waals surface area (Å²) < 4.78 is 29.0. The van der Waals surface area contributed by atoms with Gasteiger partial charge >= 0.3 is 0 Å². The average molecular weight is 402 g/mol. The number of halogens is 1. The molecule has 2 aromatic carbocycles. The standard InChI is InChI=1S/C20H20ClN3O2S/c1-15-20(16(2)24(23-15)19-6-4-3-5-7-19)14-22-27(25,26)13-12-17-8-10-18(21)11-9-17/h3-13,22H,14H2,1-2H3/b13-12+. The summed E-state index contributed by atoms with van der Waals surface area (Å²) >= 11 is 5.83. The number of hydrogen-bond donors (Lipinski definition) is 1. The Kier molecular flexibility index (Phi) is 5.79. The van der Waals surface area contributed by atoms with E-state index in [2.05, 4.69) is 9.82 Å². The van der Waals surface area contributed by atoms with Crippen molar-refractivity contribution in [2.24, 2.45) is 0 Å². The molecule has 0 spiro atoms. The van der Waals surface area contributed by atoms with Crippen molar-refractivity contribution in [3.63, 3.8) is 0 Å². The summed E-state index contributed by atoms with van der Waals surface area (Å²) in [6, 6.07) is 16.7. The Morgan fingerprint density at radius 2 is 1.74 bits per heavy atom. The number of nitrogens with one attached hydrogen (secondary N) is 1. The number of para-hydroxylation sites is 1. The first-order valence-electron chi connectivity index (χ1n) is 8.39. The van der Waals surface area contributed by atoms with Crippen molar-refractivity contribution in [2.45, 2.75) is 20.4 Å². The molecule has 0 radical (unpaired) electrons. The van der Waals surface area contributed by atoms with Crippen molar-refractivity contribution < 1.29 is 8.42 Å². The molecule has 5 nitrogen and oxygen atoms in total. The minimum atomic E-state index is -3.58. The Morgan fingerprint density at radius 3 is 2.41 bits per heavy atom. The fraction of sp³-hybridized carbons (Fsp3) is 0.150. The van der Waals surface area contributed by atoms with E-state index in [1.165, 1.54) is 6.08 Å². The van der Waals surface area contributed by atoms with Gasteiger partial charge in [0.1, 0.15) is 0 Å². The number of rotatable bonds is 6. The maximum Gasteiger partial charge on any atom is 0.234 e. The van der Waals surface area contributed by atoms with Gasteiger partial charge in [-0.2, -0.15) is 5.10 Å². The van der Waals surface area contributed by atoms with E-state index in [0.717, 1.165) is 33.6 Å². The molecule has 0 fully saturated rings. The molecule has 0 aliphatic rings. The molecule has 0 aliphatic carbocycles. The Morgan fingerprint density at radius 1 is 1.07 bits per heavy atom. The molecular formula is C20H20ClN3O2S. The van der Waals surface area contributed by atoms with Crippen LogP contribution < -0.4 is 4.72 Å². The summed E-state index contributed by atoms with van der Waals surface area (Å²) in [5.74, 6) is 0. The number of hydrogen-bond acceptors (Lipinski definition) is 3. The van der Waals surface area contributed by atoms with E-state index in [1.807, 2.05) is 48.9 Å². The van der Waals surface area contributed by atoms with Gasteiger partial charge in [-0.05, 0) is 49.8 Å². The summed E-state index contributed by atoms with van der Waals surface area (Å²) in [6.45, 7) is 3.98. The van der Waals surface area contributed by atoms with Crippen LogP contribution in [0.25, 0.3) is 11.8 Å². The highest BCUT2D eigenvalue weighted by Gasteiger charge is 2.14. The molecule has 1 N–H and O–H groups in total. The zero-order valence-corrected chi connectivity index (χ0v) is 16.6. The lowest BCUT2D eigenvalue weighted by Gasteiger charge is -2.06. The van der Waals surface area contributed by atoms with Crippen LogP contribution in [0.1, 0.15) is 22.5 Å². The summed E-state index contributed by atoms with van der Waals surface area (Å²) in [5, 5.41) is 6.30. The third kappa shape index (κ3) is 4.86. The first-order valence-corrected chi connectivity index (χ1v) is 10.3. The lowest BCUT2D eigenvalue weighted by atomic mass is 10.2. The van der Waals surface area contributed by atoms with Crippen molar-refractivity contribution in [1.82, 2.24) is 14.5 Å². The van der Waals surface area contributed by atoms with Gasteiger partial charge in [-0.1, -0.05) is 41.9 Å². The van der Waals surface area contributed by atoms with Gasteiger partial charge in [-0.25, -0.2) is 17.8 Å². The second-order valence-electron chi connectivity index (χ2n) is 6.12. The maximum atomic E-state index is 12.3. The number of aromatic nitrogens is 2. The SMILES string of the molecule is Cc1nn(-c2ccccc2)c(C)c1CNS(=O)(=O)/C=C/c1ccc(Cl)cc1. The molecule has 0 saturated carbocycles. The van der Waals surface area contributed by atoms with Crippen LogP contribution in [0, 0.1) is 13.8 Å². The molecule has 140 valence electrons. The van der Waals surface area contributed by atoms with Crippen molar-refractivity contribution in [2.75, 3.05) is 0 Å². The topological polar surface area (TPSA) is 64.0 Å². The summed E-state index contributed by atoms with van der Waals surface area (Å²) in [4.78, 5) is 0. The van der Waals surface area contributed by atoms with Crippen LogP contribution in [-0.4, -0.2) is 18.2 Å². The molecule has 27 heavy (non-hydrogen) atoms. The molecular weight excluding hydrogens is 382 g/mol. The Hall–Kier alpha value is -2.41. The predicted molar refractivity (Wildman–Crippen MR) is 109 cm³/mol. The molecule has 3 rings (SSSR count). The zero-order valence-electron chi connectivity index (χ0n) is 15.1. The number of sulfonamides is 1. The molecule has 1 heterocycles. The summed E-state index contributed by atoms with van der Waals surface area (Å²) in [5.41, 5.74) is 4.26. The van der Waals surface area contributed by atoms with Gasteiger partial charge in [0.2, 0.25) is 10.0 Å². The van der Waals surface area contributed by atoms with Gasteiger partial charge in [-0.3, -0.25) is 0 Å². The van der Waals surface area contributed by atoms with Crippen LogP contribution in [0.2, 0.25) is 5.02 Å². The lowest BCUT2D eigenvalue weighted by molar-refractivity contribution is 0.590. The van der Waals surface area contributed by atoms with E-state index in [1.54, 1.807) is 24.3 Å². The molecule has 3 aromatic rings. The number of benzene rings is 2. The van der Waals surface area contributed by atoms with Gasteiger partial charge in [0, 0.05) is 28.2 Å². The number of nitrogens with zero attached hydrogens (tertiary/aromatic N) is 2. The Balaban J connectivity index is 1.74. The molecule has 7 heteroatoms. The van der Waals surface area contributed by atoms with E-state index < -0.39 is 10.0 Å². The Labute approximate surface area is 164 Å². The van der Waals surface area contributed by atoms with E-state index in [4.69, 9.17) is 11.6 Å². The second kappa shape index (κ2) is 8.08. The minimum Gasteiger partial charge on any atom is -0.238 e. The summed E-state index contributed by atoms with van der Waals surface area (Å²) in [7, 11) is -3.58. The van der Waals surface area contributed by atoms with Crippen LogP contribution in [-0.2, 0) is 16.6 Å². The highest BCUT2D eigenvalue weighted by atomic mass is 35.5. The van der Waals surface area contributed by atoms with Crippen molar-refractivity contribution in [3.05, 3.63) is 87.5 Å². The normalized spacial score (nSPS) is 12.0. The molecule has 0 aliphatic heterocycles. The quantitative estimate of drug-likeness (QED) is 0.672. The van der Waals surface area contributed by atoms with E-state index in [9.17, 15) is 8.42 Å². The van der Waals surface area contributed by atoms with Crippen molar-refractivity contribution in [1.29, 1.82) is 0 Å². The lowest BCUT2D eigenvalue weighted by Crippen LogP contribution is -2.21. The smallest absolute Gasteiger partial charge is 0.234 e. The second-order valence-corrected chi connectivity index (χ2v) is 8.20. The van der Waals surface area contributed by atoms with Crippen LogP contribution in [0.5, 0.6) is 0 Å². The molecule has 0 saturated heterocycles. The van der Waals surface area contributed by atoms with Gasteiger partial charge in [0.25, 0.3) is 0 Å². The third-order valence-corrected chi connectivity index (χ3v) is 5.49. The fourth-order valence-corrected chi connectivity index (χ4v) is 3.62. The van der Waals surface area contributed by atoms with Gasteiger partial charge < -0.3 is 0 Å². The van der Waals surface area contributed by atoms with Gasteiger partial charge in [0.05, 0.1) is 11.4 Å². The monoisotopic (exact) mass is 401 g/mol. The van der Waals surface area contributed by atoms with E-state index in [0.29, 0.717) is 5.02 Å². The predicted octanol–water partition coefficient (Wildman–Crippen LogP) is 4.23. The first-order chi connectivity index (χ1) is 12.9. The molecule has 0 unspecified atom stereocenters. The maximum absolute atomic E-state index is 12.3.